The number of imidazole rings is 1. The molecule has 0 saturated carbocycles. The molecule has 0 aliphatic carbocycles. The van der Waals surface area contributed by atoms with Crippen LogP contribution in [-0.2, 0) is 18.6 Å². The van der Waals surface area contributed by atoms with Crippen molar-refractivity contribution in [3.63, 3.8) is 0 Å². The molecule has 0 radical (unpaired) electrons. The molecule has 1 saturated heterocycles. The van der Waals surface area contributed by atoms with Crippen molar-refractivity contribution in [3.05, 3.63) is 16.8 Å². The van der Waals surface area contributed by atoms with Crippen molar-refractivity contribution in [1.29, 1.82) is 0 Å². The van der Waals surface area contributed by atoms with Gasteiger partial charge in [0.25, 0.3) is 0 Å². The maximum absolute atomic E-state index is 11.8. The molecule has 0 spiro atoms. The molecule has 0 unspecified atom stereocenters. The monoisotopic (exact) mass is 405 g/mol. The number of rotatable bonds is 5. The predicted molar refractivity (Wildman–Crippen MR) is 86.4 cm³/mol. The summed E-state index contributed by atoms with van der Waals surface area (Å²) in [5.41, 5.74) is -0.747. The van der Waals surface area contributed by atoms with E-state index in [1.165, 1.54) is 13.3 Å². The fraction of sp³-hybridized carbons (Fsp3) is 0.500. The van der Waals surface area contributed by atoms with Crippen molar-refractivity contribution in [3.8, 4) is 0 Å². The van der Waals surface area contributed by atoms with Gasteiger partial charge in [-0.3, -0.25) is 18.9 Å². The van der Waals surface area contributed by atoms with Crippen molar-refractivity contribution in [2.24, 2.45) is 0 Å². The standard InChI is InChI=1S/C12H16N5O9P/c1-4(18)14-9-6-10(16-12(21)15-9)17(3-13-6)11-8(20)7(19)5(26-11)2-25-27(22,23)24/h3,5,7-8,11,19-20H,2H2,1H3,(H2,22,23,24)(H2,14,15,16,18,21)/t5-,7-,8-,11-/m1/s1. The molecule has 2 aromatic rings. The number of aliphatic hydroxyl groups is 2. The molecule has 0 bridgehead atoms. The van der Waals surface area contributed by atoms with Gasteiger partial charge in [0.05, 0.1) is 12.9 Å². The molecule has 3 rings (SSSR count). The fourth-order valence-corrected chi connectivity index (χ4v) is 2.99. The number of fused-ring (bicyclic) bond motifs is 1. The Morgan fingerprint density at radius 1 is 1.44 bits per heavy atom. The minimum Gasteiger partial charge on any atom is -0.387 e. The smallest absolute Gasteiger partial charge is 0.387 e. The van der Waals surface area contributed by atoms with Gasteiger partial charge in [0.15, 0.2) is 11.9 Å². The molecule has 148 valence electrons. The Hall–Kier alpha value is -2.19. The summed E-state index contributed by atoms with van der Waals surface area (Å²) in [7, 11) is -4.80. The van der Waals surface area contributed by atoms with E-state index in [1.54, 1.807) is 0 Å². The lowest BCUT2D eigenvalue weighted by atomic mass is 10.1. The summed E-state index contributed by atoms with van der Waals surface area (Å²) in [4.78, 5) is 50.6. The van der Waals surface area contributed by atoms with Crippen LogP contribution in [0.5, 0.6) is 0 Å². The van der Waals surface area contributed by atoms with Gasteiger partial charge in [0, 0.05) is 6.92 Å². The SMILES string of the molecule is CC(=O)Nc1[nH]c(=O)nc2c1ncn2[C@@H]1O[C@H](COP(=O)(O)O)[C@@H](O)[C@H]1O. The molecule has 15 heteroatoms. The number of carbonyl (C=O) groups excluding carboxylic acids is 1. The summed E-state index contributed by atoms with van der Waals surface area (Å²) < 4.78 is 21.7. The van der Waals surface area contributed by atoms with Gasteiger partial charge in [-0.25, -0.2) is 14.3 Å². The van der Waals surface area contributed by atoms with Crippen LogP contribution in [0.4, 0.5) is 5.82 Å². The number of aliphatic hydroxyl groups excluding tert-OH is 2. The largest absolute Gasteiger partial charge is 0.469 e. The van der Waals surface area contributed by atoms with E-state index >= 15 is 0 Å². The zero-order valence-electron chi connectivity index (χ0n) is 13.7. The number of hydrogen-bond acceptors (Lipinski definition) is 9. The Balaban J connectivity index is 1.93. The minimum atomic E-state index is -4.80. The number of ether oxygens (including phenoxy) is 1. The molecular weight excluding hydrogens is 389 g/mol. The van der Waals surface area contributed by atoms with Crippen LogP contribution < -0.4 is 11.0 Å². The minimum absolute atomic E-state index is 0.00864. The third kappa shape index (κ3) is 4.06. The number of phosphoric acid groups is 1. The number of nitrogens with one attached hydrogen (secondary N) is 2. The first-order chi connectivity index (χ1) is 12.6. The van der Waals surface area contributed by atoms with E-state index in [2.05, 4.69) is 24.8 Å². The zero-order valence-corrected chi connectivity index (χ0v) is 14.6. The molecule has 27 heavy (non-hydrogen) atoms. The predicted octanol–water partition coefficient (Wildman–Crippen LogP) is -2.19. The second-order valence-electron chi connectivity index (χ2n) is 5.75. The van der Waals surface area contributed by atoms with E-state index in [4.69, 9.17) is 14.5 Å². The van der Waals surface area contributed by atoms with Crippen molar-refractivity contribution in [1.82, 2.24) is 19.5 Å². The Labute approximate surface area is 150 Å². The molecule has 0 aromatic carbocycles. The Morgan fingerprint density at radius 3 is 2.78 bits per heavy atom. The first-order valence-electron chi connectivity index (χ1n) is 7.53. The number of phosphoric ester groups is 1. The number of H-pyrrole nitrogens is 1. The Kier molecular flexibility index (Phi) is 5.14. The number of anilines is 1. The lowest BCUT2D eigenvalue weighted by Gasteiger charge is -2.16. The van der Waals surface area contributed by atoms with Gasteiger partial charge >= 0.3 is 13.5 Å². The number of hydrogen-bond donors (Lipinski definition) is 6. The summed E-state index contributed by atoms with van der Waals surface area (Å²) >= 11 is 0. The number of amides is 1. The van der Waals surface area contributed by atoms with Gasteiger partial charge in [-0.15, -0.1) is 0 Å². The summed E-state index contributed by atoms with van der Waals surface area (Å²) in [6.45, 7) is 0.546. The van der Waals surface area contributed by atoms with Gasteiger partial charge in [-0.1, -0.05) is 0 Å². The van der Waals surface area contributed by atoms with Gasteiger partial charge in [-0.05, 0) is 0 Å². The molecular formula is C12H16N5O9P. The molecule has 6 N–H and O–H groups in total. The van der Waals surface area contributed by atoms with Crippen LogP contribution in [0.1, 0.15) is 13.2 Å². The molecule has 2 aromatic heterocycles. The van der Waals surface area contributed by atoms with Crippen LogP contribution in [0, 0.1) is 0 Å². The topological polar surface area (TPSA) is 209 Å². The van der Waals surface area contributed by atoms with E-state index < -0.39 is 50.6 Å². The summed E-state index contributed by atoms with van der Waals surface area (Å²) in [6.07, 6.45) is -4.42. The second-order valence-corrected chi connectivity index (χ2v) is 6.99. The normalized spacial score (nSPS) is 25.8. The molecule has 1 amide bonds. The zero-order chi connectivity index (χ0) is 19.9. The highest BCUT2D eigenvalue weighted by molar-refractivity contribution is 7.46. The van der Waals surface area contributed by atoms with E-state index in [-0.39, 0.29) is 17.0 Å². The highest BCUT2D eigenvalue weighted by Gasteiger charge is 2.45. The quantitative estimate of drug-likeness (QED) is 0.294. The van der Waals surface area contributed by atoms with Gasteiger partial charge in [0.2, 0.25) is 5.91 Å². The first-order valence-corrected chi connectivity index (χ1v) is 9.06. The van der Waals surface area contributed by atoms with Crippen molar-refractivity contribution >= 4 is 30.7 Å². The van der Waals surface area contributed by atoms with Crippen LogP contribution in [0.25, 0.3) is 11.2 Å². The van der Waals surface area contributed by atoms with Crippen molar-refractivity contribution < 1.29 is 38.6 Å². The van der Waals surface area contributed by atoms with Gasteiger partial charge < -0.3 is 30.1 Å². The van der Waals surface area contributed by atoms with E-state index in [9.17, 15) is 24.4 Å². The van der Waals surface area contributed by atoms with Gasteiger partial charge in [0.1, 0.15) is 29.6 Å². The summed E-state index contributed by atoms with van der Waals surface area (Å²) in [6, 6.07) is 0. The number of nitrogens with zero attached hydrogens (tertiary/aromatic N) is 3. The molecule has 1 aliphatic rings. The lowest BCUT2D eigenvalue weighted by molar-refractivity contribution is -0.114. The van der Waals surface area contributed by atoms with Crippen LogP contribution >= 0.6 is 7.82 Å². The molecule has 4 atom stereocenters. The second kappa shape index (κ2) is 7.09. The van der Waals surface area contributed by atoms with E-state index in [1.807, 2.05) is 0 Å². The van der Waals surface area contributed by atoms with Crippen LogP contribution in [0.3, 0.4) is 0 Å². The van der Waals surface area contributed by atoms with Gasteiger partial charge in [-0.2, -0.15) is 4.98 Å². The highest BCUT2D eigenvalue weighted by Crippen LogP contribution is 2.38. The Morgan fingerprint density at radius 2 is 2.15 bits per heavy atom. The Bertz CT molecular complexity index is 968. The highest BCUT2D eigenvalue weighted by atomic mass is 31.2. The maximum Gasteiger partial charge on any atom is 0.469 e. The number of aromatic nitrogens is 4. The molecule has 1 fully saturated rings. The number of aromatic amines is 1. The summed E-state index contributed by atoms with van der Waals surface area (Å²) in [5.74, 6) is -0.472. The van der Waals surface area contributed by atoms with Crippen LogP contribution in [-0.4, -0.2) is 70.3 Å². The average molecular weight is 405 g/mol. The molecule has 3 heterocycles. The molecule has 1 aliphatic heterocycles. The lowest BCUT2D eigenvalue weighted by Crippen LogP contribution is -2.33. The van der Waals surface area contributed by atoms with E-state index in [0.29, 0.717) is 0 Å². The maximum atomic E-state index is 11.8. The van der Waals surface area contributed by atoms with Crippen LogP contribution in [0.2, 0.25) is 0 Å². The third-order valence-electron chi connectivity index (χ3n) is 3.76. The van der Waals surface area contributed by atoms with Crippen molar-refractivity contribution in [2.75, 3.05) is 11.9 Å². The average Bonchev–Trinajstić information content (AvgIpc) is 3.07. The summed E-state index contributed by atoms with van der Waals surface area (Å²) in [5, 5.41) is 22.6. The van der Waals surface area contributed by atoms with Crippen molar-refractivity contribution in [2.45, 2.75) is 31.5 Å². The van der Waals surface area contributed by atoms with E-state index in [0.717, 1.165) is 4.57 Å². The number of carbonyl (C=O) groups is 1. The van der Waals surface area contributed by atoms with Crippen LogP contribution in [0.15, 0.2) is 11.1 Å². The fourth-order valence-electron chi connectivity index (χ4n) is 2.65. The third-order valence-corrected chi connectivity index (χ3v) is 4.25. The molecule has 14 nitrogen and oxygen atoms in total. The first kappa shape index (κ1) is 19.6.